The lowest BCUT2D eigenvalue weighted by molar-refractivity contribution is -0.139. The van der Waals surface area contributed by atoms with Gasteiger partial charge in [-0.25, -0.2) is 9.78 Å². The van der Waals surface area contributed by atoms with E-state index in [1.807, 2.05) is 0 Å². The molecule has 8 nitrogen and oxygen atoms in total. The molecule has 0 saturated heterocycles. The van der Waals surface area contributed by atoms with Crippen LogP contribution >= 0.6 is 22.4 Å². The number of carboxylic acids is 1. The Bertz CT molecular complexity index is 1350. The average molecular weight is 459 g/mol. The van der Waals surface area contributed by atoms with Crippen molar-refractivity contribution in [2.75, 3.05) is 13.7 Å². The van der Waals surface area contributed by atoms with Crippen molar-refractivity contribution in [2.24, 2.45) is 0 Å². The number of rotatable bonds is 6. The Balaban J connectivity index is 1.79. The molecule has 0 bridgehead atoms. The smallest absolute Gasteiger partial charge is 0.341 e. The number of fused-ring (bicyclic) bond motifs is 1. The number of methoxy groups -OCH3 is 1. The molecule has 0 radical (unpaired) electrons. The fraction of sp³-hybridized carbons (Fsp3) is 0.0952. The number of nitrogens with zero attached hydrogens (tertiary/aromatic N) is 2. The van der Waals surface area contributed by atoms with Crippen molar-refractivity contribution in [2.45, 2.75) is 0 Å². The maximum absolute atomic E-state index is 13.1. The van der Waals surface area contributed by atoms with Crippen LogP contribution in [0.25, 0.3) is 26.3 Å². The molecule has 31 heavy (non-hydrogen) atoms. The minimum absolute atomic E-state index is 0.0811. The second-order valence-electron chi connectivity index (χ2n) is 6.44. The standard InChI is InChI=1S/C21H15ClN2O6S/c1-29-17-8-14(6-7-16(17)30-10-19(25)26)24-11-23-15-9-18(31(28)20(15)21(24)27)12-2-4-13(22)5-3-12/h2-9,11H,10H2,1H3,(H,25,26). The van der Waals surface area contributed by atoms with Gasteiger partial charge in [-0.05, 0) is 47.1 Å². The zero-order valence-corrected chi connectivity index (χ0v) is 17.6. The molecular weight excluding hydrogens is 444 g/mol. The lowest BCUT2D eigenvalue weighted by Crippen LogP contribution is -2.18. The number of carboxylic acid groups (broad SMARTS) is 1. The van der Waals surface area contributed by atoms with E-state index < -0.39 is 28.9 Å². The maximum atomic E-state index is 13.1. The summed E-state index contributed by atoms with van der Waals surface area (Å²) in [6.45, 7) is -0.534. The first-order valence-electron chi connectivity index (χ1n) is 8.93. The molecule has 1 unspecified atom stereocenters. The quantitative estimate of drug-likeness (QED) is 0.436. The normalized spacial score (nSPS) is 11.5. The summed E-state index contributed by atoms with van der Waals surface area (Å²) in [6.07, 6.45) is 1.34. The van der Waals surface area contributed by atoms with E-state index in [-0.39, 0.29) is 16.2 Å². The molecule has 2 heterocycles. The number of aliphatic carboxylic acids is 1. The predicted molar refractivity (Wildman–Crippen MR) is 116 cm³/mol. The van der Waals surface area contributed by atoms with Crippen LogP contribution in [0.3, 0.4) is 0 Å². The molecule has 0 aliphatic heterocycles. The number of halogens is 1. The summed E-state index contributed by atoms with van der Waals surface area (Å²) in [6, 6.07) is 13.0. The highest BCUT2D eigenvalue weighted by Gasteiger charge is 2.22. The molecule has 0 amide bonds. The summed E-state index contributed by atoms with van der Waals surface area (Å²) >= 11 is 5.92. The van der Waals surface area contributed by atoms with Crippen LogP contribution in [-0.4, -0.2) is 38.9 Å². The highest BCUT2D eigenvalue weighted by molar-refractivity contribution is 7.34. The number of hydrogen-bond acceptors (Lipinski definition) is 6. The summed E-state index contributed by atoms with van der Waals surface area (Å²) in [4.78, 5) is 28.6. The van der Waals surface area contributed by atoms with Gasteiger partial charge in [0.05, 0.1) is 12.8 Å². The second kappa shape index (κ2) is 8.38. The van der Waals surface area contributed by atoms with Crippen LogP contribution in [0.1, 0.15) is 0 Å². The molecule has 1 atom stereocenters. The molecular formula is C21H15ClN2O6S. The van der Waals surface area contributed by atoms with E-state index in [1.54, 1.807) is 36.4 Å². The molecule has 4 aromatic rings. The van der Waals surface area contributed by atoms with Crippen molar-refractivity contribution in [3.05, 3.63) is 70.2 Å². The molecule has 0 fully saturated rings. The van der Waals surface area contributed by atoms with Gasteiger partial charge in [0.1, 0.15) is 11.8 Å². The number of thiophene rings is 1. The van der Waals surface area contributed by atoms with E-state index >= 15 is 0 Å². The number of benzene rings is 2. The van der Waals surface area contributed by atoms with Gasteiger partial charge in [-0.3, -0.25) is 9.36 Å². The molecule has 0 aliphatic rings. The van der Waals surface area contributed by atoms with Crippen LogP contribution in [0.2, 0.25) is 5.02 Å². The lowest BCUT2D eigenvalue weighted by Gasteiger charge is -2.11. The van der Waals surface area contributed by atoms with Gasteiger partial charge >= 0.3 is 11.5 Å². The van der Waals surface area contributed by atoms with Crippen molar-refractivity contribution in [1.82, 2.24) is 9.55 Å². The molecule has 2 aromatic carbocycles. The summed E-state index contributed by atoms with van der Waals surface area (Å²) in [5.41, 5.74) is 0.952. The monoisotopic (exact) mass is 458 g/mol. The van der Waals surface area contributed by atoms with Crippen molar-refractivity contribution >= 4 is 38.5 Å². The number of aromatic nitrogens is 2. The highest BCUT2D eigenvalue weighted by Crippen LogP contribution is 2.38. The van der Waals surface area contributed by atoms with Gasteiger partial charge in [0, 0.05) is 22.7 Å². The molecule has 0 spiro atoms. The minimum Gasteiger partial charge on any atom is -0.590 e. The Hall–Kier alpha value is -3.40. The topological polar surface area (TPSA) is 114 Å². The highest BCUT2D eigenvalue weighted by atomic mass is 35.5. The van der Waals surface area contributed by atoms with Crippen molar-refractivity contribution < 1.29 is 23.9 Å². The van der Waals surface area contributed by atoms with E-state index in [0.29, 0.717) is 26.7 Å². The van der Waals surface area contributed by atoms with Crippen LogP contribution in [0, 0.1) is 0 Å². The Labute approximate surface area is 183 Å². The van der Waals surface area contributed by atoms with E-state index in [0.717, 1.165) is 0 Å². The Kier molecular flexibility index (Phi) is 5.64. The molecule has 10 heteroatoms. The first-order valence-corrected chi connectivity index (χ1v) is 10.5. The van der Waals surface area contributed by atoms with Gasteiger partial charge in [-0.1, -0.05) is 11.6 Å². The molecule has 0 saturated carbocycles. The van der Waals surface area contributed by atoms with Crippen molar-refractivity contribution in [1.29, 1.82) is 0 Å². The van der Waals surface area contributed by atoms with Gasteiger partial charge in [0.2, 0.25) is 0 Å². The molecule has 158 valence electrons. The zero-order valence-electron chi connectivity index (χ0n) is 16.1. The maximum Gasteiger partial charge on any atom is 0.341 e. The zero-order chi connectivity index (χ0) is 22.1. The third kappa shape index (κ3) is 3.98. The van der Waals surface area contributed by atoms with E-state index in [2.05, 4.69) is 4.98 Å². The third-order valence-corrected chi connectivity index (χ3v) is 6.28. The summed E-state index contributed by atoms with van der Waals surface area (Å²) in [5.74, 6) is -0.671. The second-order valence-corrected chi connectivity index (χ2v) is 8.26. The van der Waals surface area contributed by atoms with Gasteiger partial charge in [-0.2, -0.15) is 0 Å². The SMILES string of the molecule is COc1cc(-n2cnc3cc(-c4ccc(Cl)cc4)[s+]([O-])c3c2=O)ccc1OCC(=O)O. The lowest BCUT2D eigenvalue weighted by atomic mass is 10.2. The Morgan fingerprint density at radius 3 is 2.61 bits per heavy atom. The molecule has 1 N–H and O–H groups in total. The Morgan fingerprint density at radius 1 is 1.19 bits per heavy atom. The fourth-order valence-electron chi connectivity index (χ4n) is 3.07. The molecule has 4 rings (SSSR count). The molecule has 0 aliphatic carbocycles. The summed E-state index contributed by atoms with van der Waals surface area (Å²) in [5, 5.41) is 9.33. The van der Waals surface area contributed by atoms with Crippen LogP contribution in [0.5, 0.6) is 11.5 Å². The summed E-state index contributed by atoms with van der Waals surface area (Å²) < 4.78 is 24.8. The van der Waals surface area contributed by atoms with Crippen molar-refractivity contribution in [3.63, 3.8) is 0 Å². The number of carbonyl (C=O) groups is 1. The predicted octanol–water partition coefficient (Wildman–Crippen LogP) is 3.91. The number of ether oxygens (including phenoxy) is 2. The van der Waals surface area contributed by atoms with E-state index in [9.17, 15) is 14.1 Å². The molecule has 2 aromatic heterocycles. The van der Waals surface area contributed by atoms with Crippen LogP contribution in [0.15, 0.2) is 59.7 Å². The number of hydrogen-bond donors (Lipinski definition) is 1. The Morgan fingerprint density at radius 2 is 1.94 bits per heavy atom. The fourth-order valence-corrected chi connectivity index (χ4v) is 4.54. The largest absolute Gasteiger partial charge is 0.590 e. The third-order valence-electron chi connectivity index (χ3n) is 4.52. The van der Waals surface area contributed by atoms with E-state index in [1.165, 1.54) is 30.1 Å². The van der Waals surface area contributed by atoms with Crippen LogP contribution in [-0.2, 0) is 4.79 Å². The van der Waals surface area contributed by atoms with Gasteiger partial charge < -0.3 is 19.1 Å². The van der Waals surface area contributed by atoms with E-state index in [4.69, 9.17) is 26.2 Å². The van der Waals surface area contributed by atoms with Gasteiger partial charge in [-0.15, -0.1) is 0 Å². The van der Waals surface area contributed by atoms with Crippen LogP contribution in [0.4, 0.5) is 0 Å². The van der Waals surface area contributed by atoms with Crippen LogP contribution < -0.4 is 15.0 Å². The van der Waals surface area contributed by atoms with Gasteiger partial charge in [0.15, 0.2) is 23.0 Å². The average Bonchev–Trinajstić information content (AvgIpc) is 3.10. The van der Waals surface area contributed by atoms with Gasteiger partial charge in [0.25, 0.3) is 4.70 Å². The summed E-state index contributed by atoms with van der Waals surface area (Å²) in [7, 11) is -0.311. The minimum atomic E-state index is -1.71. The first-order chi connectivity index (χ1) is 14.9. The van der Waals surface area contributed by atoms with Crippen molar-refractivity contribution in [3.8, 4) is 27.6 Å². The first kappa shape index (κ1) is 20.9.